The van der Waals surface area contributed by atoms with Crippen LogP contribution in [0.15, 0.2) is 66.7 Å². The van der Waals surface area contributed by atoms with Gasteiger partial charge in [-0.25, -0.2) is 0 Å². The van der Waals surface area contributed by atoms with Crippen LogP contribution >= 0.6 is 0 Å². The maximum absolute atomic E-state index is 13.5. The highest BCUT2D eigenvalue weighted by atomic mass is 16.3. The first-order valence-electron chi connectivity index (χ1n) is 11.3. The maximum Gasteiger partial charge on any atom is 0.264 e. The number of aryl methyl sites for hydroxylation is 2. The Bertz CT molecular complexity index is 1220. The molecular formula is C29H31NO3. The summed E-state index contributed by atoms with van der Waals surface area (Å²) in [5, 5.41) is 11.6. The lowest BCUT2D eigenvalue weighted by Crippen LogP contribution is -2.41. The summed E-state index contributed by atoms with van der Waals surface area (Å²) in [4.78, 5) is 28.3. The Balaban J connectivity index is 1.64. The second-order valence-electron chi connectivity index (χ2n) is 10.1. The minimum Gasteiger partial charge on any atom is -0.375 e. The number of hydrogen-bond donors (Lipinski definition) is 1. The normalized spacial score (nSPS) is 17.9. The summed E-state index contributed by atoms with van der Waals surface area (Å²) < 4.78 is 0. The number of amides is 1. The number of ketones is 1. The third-order valence-corrected chi connectivity index (χ3v) is 6.56. The highest BCUT2D eigenvalue weighted by Crippen LogP contribution is 2.43. The van der Waals surface area contributed by atoms with Gasteiger partial charge >= 0.3 is 0 Å². The van der Waals surface area contributed by atoms with E-state index in [2.05, 4.69) is 26.8 Å². The molecule has 1 N–H and O–H groups in total. The molecule has 0 radical (unpaired) electrons. The first kappa shape index (κ1) is 22.9. The molecule has 33 heavy (non-hydrogen) atoms. The van der Waals surface area contributed by atoms with Gasteiger partial charge in [0.1, 0.15) is 0 Å². The van der Waals surface area contributed by atoms with Crippen molar-refractivity contribution in [3.05, 3.63) is 100 Å². The third-order valence-electron chi connectivity index (χ3n) is 6.56. The Labute approximate surface area is 195 Å². The number of aliphatic hydroxyl groups is 1. The number of rotatable bonds is 5. The molecule has 0 fully saturated rings. The Morgan fingerprint density at radius 2 is 1.64 bits per heavy atom. The highest BCUT2D eigenvalue weighted by molar-refractivity contribution is 6.10. The molecule has 4 heteroatoms. The Hall–Kier alpha value is -3.24. The topological polar surface area (TPSA) is 57.6 Å². The predicted octanol–water partition coefficient (Wildman–Crippen LogP) is 5.61. The van der Waals surface area contributed by atoms with Crippen LogP contribution in [0.3, 0.4) is 0 Å². The zero-order chi connectivity index (χ0) is 24.0. The lowest BCUT2D eigenvalue weighted by atomic mass is 9.85. The number of carbonyl (C=O) groups excluding carboxylic acids is 2. The molecule has 4 rings (SSSR count). The third kappa shape index (κ3) is 4.23. The van der Waals surface area contributed by atoms with Crippen LogP contribution in [0.25, 0.3) is 0 Å². The van der Waals surface area contributed by atoms with Crippen LogP contribution in [-0.4, -0.2) is 16.8 Å². The number of nitrogens with zero attached hydrogens (tertiary/aromatic N) is 1. The number of carbonyl (C=O) groups is 2. The maximum atomic E-state index is 13.5. The summed E-state index contributed by atoms with van der Waals surface area (Å²) in [7, 11) is 0. The van der Waals surface area contributed by atoms with E-state index in [0.29, 0.717) is 23.4 Å². The molecule has 0 unspecified atom stereocenters. The van der Waals surface area contributed by atoms with Crippen molar-refractivity contribution in [2.75, 3.05) is 4.90 Å². The minimum absolute atomic E-state index is 0.0191. The van der Waals surface area contributed by atoms with E-state index in [4.69, 9.17) is 0 Å². The average Bonchev–Trinajstić information content (AvgIpc) is 2.97. The average molecular weight is 442 g/mol. The van der Waals surface area contributed by atoms with Crippen molar-refractivity contribution in [3.63, 3.8) is 0 Å². The molecule has 3 aromatic rings. The molecule has 3 aromatic carbocycles. The van der Waals surface area contributed by atoms with Gasteiger partial charge < -0.3 is 10.0 Å². The molecule has 1 aliphatic heterocycles. The molecule has 0 aromatic heterocycles. The van der Waals surface area contributed by atoms with Gasteiger partial charge in [0.15, 0.2) is 11.4 Å². The number of Topliss-reactive ketones (excluding diaryl/α,β-unsaturated/α-hetero) is 1. The second-order valence-corrected chi connectivity index (χ2v) is 10.1. The minimum atomic E-state index is -1.88. The Kier molecular flexibility index (Phi) is 5.75. The van der Waals surface area contributed by atoms with Gasteiger partial charge in [-0.3, -0.25) is 9.59 Å². The fourth-order valence-electron chi connectivity index (χ4n) is 4.52. The molecule has 4 nitrogen and oxygen atoms in total. The number of para-hydroxylation sites is 1. The fourth-order valence-corrected chi connectivity index (χ4v) is 4.52. The van der Waals surface area contributed by atoms with E-state index in [1.54, 1.807) is 29.2 Å². The summed E-state index contributed by atoms with van der Waals surface area (Å²) in [6.07, 6.45) is -0.291. The van der Waals surface area contributed by atoms with Gasteiger partial charge in [0.2, 0.25) is 0 Å². The second kappa shape index (κ2) is 8.27. The monoisotopic (exact) mass is 441 g/mol. The van der Waals surface area contributed by atoms with E-state index >= 15 is 0 Å². The highest BCUT2D eigenvalue weighted by Gasteiger charge is 2.50. The molecule has 0 aliphatic carbocycles. The first-order chi connectivity index (χ1) is 15.5. The number of anilines is 1. The summed E-state index contributed by atoms with van der Waals surface area (Å²) >= 11 is 0. The molecule has 0 saturated carbocycles. The lowest BCUT2D eigenvalue weighted by molar-refractivity contribution is -0.136. The molecular weight excluding hydrogens is 410 g/mol. The van der Waals surface area contributed by atoms with Crippen molar-refractivity contribution in [1.82, 2.24) is 0 Å². The molecule has 0 spiro atoms. The molecule has 1 atom stereocenters. The van der Waals surface area contributed by atoms with E-state index in [1.165, 1.54) is 0 Å². The molecule has 0 bridgehead atoms. The van der Waals surface area contributed by atoms with E-state index in [-0.39, 0.29) is 17.6 Å². The van der Waals surface area contributed by atoms with E-state index < -0.39 is 11.5 Å². The van der Waals surface area contributed by atoms with E-state index in [0.717, 1.165) is 22.3 Å². The van der Waals surface area contributed by atoms with Gasteiger partial charge in [-0.05, 0) is 42.0 Å². The van der Waals surface area contributed by atoms with Crippen molar-refractivity contribution in [3.8, 4) is 0 Å². The van der Waals surface area contributed by atoms with Crippen LogP contribution in [-0.2, 0) is 22.4 Å². The van der Waals surface area contributed by atoms with E-state index in [9.17, 15) is 14.7 Å². The van der Waals surface area contributed by atoms with Crippen molar-refractivity contribution >= 4 is 17.4 Å². The van der Waals surface area contributed by atoms with E-state index in [1.807, 2.05) is 50.2 Å². The van der Waals surface area contributed by atoms with Crippen LogP contribution in [0.4, 0.5) is 5.69 Å². The van der Waals surface area contributed by atoms with Crippen LogP contribution in [0.2, 0.25) is 0 Å². The van der Waals surface area contributed by atoms with Gasteiger partial charge in [-0.15, -0.1) is 0 Å². The summed E-state index contributed by atoms with van der Waals surface area (Å²) in [6, 6.07) is 20.8. The summed E-state index contributed by atoms with van der Waals surface area (Å²) in [5.74, 6) is -0.710. The van der Waals surface area contributed by atoms with Gasteiger partial charge in [0.25, 0.3) is 5.91 Å². The quantitative estimate of drug-likeness (QED) is 0.524. The van der Waals surface area contributed by atoms with Crippen LogP contribution in [0.5, 0.6) is 0 Å². The molecule has 1 aliphatic rings. The van der Waals surface area contributed by atoms with Crippen LogP contribution in [0.1, 0.15) is 65.4 Å². The summed E-state index contributed by atoms with van der Waals surface area (Å²) in [5.41, 5.74) is 4.12. The smallest absolute Gasteiger partial charge is 0.264 e. The number of benzene rings is 3. The van der Waals surface area contributed by atoms with Crippen molar-refractivity contribution in [2.45, 2.75) is 58.6 Å². The van der Waals surface area contributed by atoms with Gasteiger partial charge in [0, 0.05) is 11.1 Å². The van der Waals surface area contributed by atoms with Crippen LogP contribution in [0, 0.1) is 13.8 Å². The standard InChI is InChI=1S/C29H31NO3/c1-19-10-11-22(20(2)16-19)18-30-25-9-7-6-8-24(25)29(33,27(30)32)17-26(31)21-12-14-23(15-13-21)28(3,4)5/h6-16,33H,17-18H2,1-5H3/t29-/m1/s1. The lowest BCUT2D eigenvalue weighted by Gasteiger charge is -2.24. The zero-order valence-electron chi connectivity index (χ0n) is 20.0. The molecule has 0 saturated heterocycles. The van der Waals surface area contributed by atoms with Gasteiger partial charge in [0.05, 0.1) is 18.7 Å². The Morgan fingerprint density at radius 3 is 2.27 bits per heavy atom. The molecule has 1 heterocycles. The first-order valence-corrected chi connectivity index (χ1v) is 11.3. The number of hydrogen-bond acceptors (Lipinski definition) is 3. The molecule has 170 valence electrons. The predicted molar refractivity (Wildman–Crippen MR) is 132 cm³/mol. The summed E-state index contributed by atoms with van der Waals surface area (Å²) in [6.45, 7) is 10.7. The number of fused-ring (bicyclic) bond motifs is 1. The van der Waals surface area contributed by atoms with Gasteiger partial charge in [-0.1, -0.05) is 87.0 Å². The van der Waals surface area contributed by atoms with Crippen molar-refractivity contribution < 1.29 is 14.7 Å². The van der Waals surface area contributed by atoms with Crippen LogP contribution < -0.4 is 4.90 Å². The SMILES string of the molecule is Cc1ccc(CN2C(=O)[C@@](O)(CC(=O)c3ccc(C(C)(C)C)cc3)c3ccccc32)c(C)c1. The zero-order valence-corrected chi connectivity index (χ0v) is 20.0. The molecule has 1 amide bonds. The van der Waals surface area contributed by atoms with Gasteiger partial charge in [-0.2, -0.15) is 0 Å². The van der Waals surface area contributed by atoms with Crippen molar-refractivity contribution in [2.24, 2.45) is 0 Å². The Morgan fingerprint density at radius 1 is 0.970 bits per heavy atom. The largest absolute Gasteiger partial charge is 0.375 e. The fraction of sp³-hybridized carbons (Fsp3) is 0.310. The van der Waals surface area contributed by atoms with Crippen molar-refractivity contribution in [1.29, 1.82) is 0 Å².